The molecule has 1 aromatic rings. The molecule has 1 saturated carbocycles. The molecule has 164 valence electrons. The number of fused-ring (bicyclic) bond motifs is 5. The number of benzene rings is 1. The Morgan fingerprint density at radius 3 is 2.35 bits per heavy atom. The number of imide groups is 1. The summed E-state index contributed by atoms with van der Waals surface area (Å²) in [6.45, 7) is 3.96. The molecule has 0 aromatic heterocycles. The fraction of sp³-hybridized carbons (Fsp3) is 0.455. The lowest BCUT2D eigenvalue weighted by Crippen LogP contribution is -2.28. The van der Waals surface area contributed by atoms with Crippen LogP contribution in [-0.4, -0.2) is 48.8 Å². The van der Waals surface area contributed by atoms with Crippen molar-refractivity contribution in [1.29, 1.82) is 0 Å². The minimum absolute atomic E-state index is 0.138. The molecule has 0 unspecified atom stereocenters. The van der Waals surface area contributed by atoms with Crippen molar-refractivity contribution in [2.24, 2.45) is 28.8 Å². The van der Waals surface area contributed by atoms with E-state index in [0.717, 1.165) is 11.4 Å². The molecule has 0 radical (unpaired) electrons. The van der Waals surface area contributed by atoms with Crippen molar-refractivity contribution in [2.75, 3.05) is 19.8 Å². The molecule has 1 aliphatic heterocycles. The standard InChI is InChI=1S/C22H23BrN2O6/c1-3-29-16-8-14(15(23)9-17(16)31-11-18(26)30-4-2)10-24-25-21(27)19-12-5-6-13(7-12)20(19)22(25)28/h5-6,8-10,12-13,19-20H,3-4,7,11H2,1-2H3/t12-,13-,19-,20+/m0/s1. The van der Waals surface area contributed by atoms with Crippen LogP contribution in [0.2, 0.25) is 0 Å². The molecule has 1 heterocycles. The summed E-state index contributed by atoms with van der Waals surface area (Å²) >= 11 is 3.45. The largest absolute Gasteiger partial charge is 0.490 e. The van der Waals surface area contributed by atoms with Gasteiger partial charge < -0.3 is 14.2 Å². The van der Waals surface area contributed by atoms with Gasteiger partial charge in [0.25, 0.3) is 11.8 Å². The van der Waals surface area contributed by atoms with Crippen LogP contribution in [0, 0.1) is 23.7 Å². The van der Waals surface area contributed by atoms with E-state index in [-0.39, 0.29) is 48.7 Å². The summed E-state index contributed by atoms with van der Waals surface area (Å²) in [7, 11) is 0. The van der Waals surface area contributed by atoms with Crippen molar-refractivity contribution in [3.05, 3.63) is 34.3 Å². The fourth-order valence-electron chi connectivity index (χ4n) is 4.49. The van der Waals surface area contributed by atoms with Crippen LogP contribution in [0.1, 0.15) is 25.8 Å². The Morgan fingerprint density at radius 2 is 1.74 bits per heavy atom. The normalized spacial score (nSPS) is 26.1. The second-order valence-corrected chi connectivity index (χ2v) is 8.43. The number of allylic oxidation sites excluding steroid dienone is 2. The van der Waals surface area contributed by atoms with Crippen LogP contribution in [0.3, 0.4) is 0 Å². The first kappa shape index (κ1) is 21.5. The molecule has 0 N–H and O–H groups in total. The Labute approximate surface area is 188 Å². The summed E-state index contributed by atoms with van der Waals surface area (Å²) in [5.41, 5.74) is 0.602. The van der Waals surface area contributed by atoms with Crippen molar-refractivity contribution in [3.63, 3.8) is 0 Å². The maximum Gasteiger partial charge on any atom is 0.344 e. The van der Waals surface area contributed by atoms with Crippen molar-refractivity contribution in [2.45, 2.75) is 20.3 Å². The summed E-state index contributed by atoms with van der Waals surface area (Å²) in [6.07, 6.45) is 6.42. The molecule has 3 aliphatic rings. The Hall–Kier alpha value is -2.68. The van der Waals surface area contributed by atoms with E-state index in [1.165, 1.54) is 6.21 Å². The maximum absolute atomic E-state index is 12.8. The van der Waals surface area contributed by atoms with Gasteiger partial charge in [-0.25, -0.2) is 4.79 Å². The zero-order valence-electron chi connectivity index (χ0n) is 17.2. The highest BCUT2D eigenvalue weighted by molar-refractivity contribution is 9.10. The SMILES string of the molecule is CCOC(=O)COc1cc(Br)c(C=NN2C(=O)[C@@H]3[C@H](C2=O)[C@H]2C=C[C@H]3C2)cc1OCC. The van der Waals surface area contributed by atoms with E-state index in [4.69, 9.17) is 14.2 Å². The van der Waals surface area contributed by atoms with Gasteiger partial charge in [0.1, 0.15) is 0 Å². The third-order valence-electron chi connectivity index (χ3n) is 5.77. The fourth-order valence-corrected chi connectivity index (χ4v) is 4.92. The predicted octanol–water partition coefficient (Wildman–Crippen LogP) is 2.93. The first-order valence-corrected chi connectivity index (χ1v) is 11.1. The van der Waals surface area contributed by atoms with Crippen molar-refractivity contribution in [1.82, 2.24) is 5.01 Å². The Bertz CT molecular complexity index is 945. The molecule has 2 amide bonds. The highest BCUT2D eigenvalue weighted by Crippen LogP contribution is 2.52. The number of amides is 2. The zero-order valence-corrected chi connectivity index (χ0v) is 18.8. The van der Waals surface area contributed by atoms with Gasteiger partial charge in [0.2, 0.25) is 0 Å². The van der Waals surface area contributed by atoms with Crippen LogP contribution >= 0.6 is 15.9 Å². The van der Waals surface area contributed by atoms with Gasteiger partial charge in [0, 0.05) is 10.0 Å². The molecule has 4 rings (SSSR count). The molecule has 1 saturated heterocycles. The van der Waals surface area contributed by atoms with Gasteiger partial charge >= 0.3 is 5.97 Å². The van der Waals surface area contributed by atoms with E-state index in [1.807, 2.05) is 19.1 Å². The summed E-state index contributed by atoms with van der Waals surface area (Å²) < 4.78 is 16.6. The number of rotatable bonds is 8. The van der Waals surface area contributed by atoms with Gasteiger partial charge in [-0.1, -0.05) is 12.2 Å². The van der Waals surface area contributed by atoms with E-state index in [9.17, 15) is 14.4 Å². The molecule has 8 nitrogen and oxygen atoms in total. The number of hydrazone groups is 1. The molecule has 2 fully saturated rings. The number of hydrogen-bond donors (Lipinski definition) is 0. The zero-order chi connectivity index (χ0) is 22.1. The van der Waals surface area contributed by atoms with E-state index in [1.54, 1.807) is 19.1 Å². The summed E-state index contributed by atoms with van der Waals surface area (Å²) in [5.74, 6) is -0.484. The van der Waals surface area contributed by atoms with Crippen LogP contribution in [0.15, 0.2) is 33.9 Å². The van der Waals surface area contributed by atoms with Crippen LogP contribution in [0.25, 0.3) is 0 Å². The summed E-state index contributed by atoms with van der Waals surface area (Å²) in [4.78, 5) is 37.1. The minimum Gasteiger partial charge on any atom is -0.490 e. The number of ether oxygens (including phenoxy) is 3. The number of esters is 1. The predicted molar refractivity (Wildman–Crippen MR) is 115 cm³/mol. The Balaban J connectivity index is 1.52. The van der Waals surface area contributed by atoms with Gasteiger partial charge in [0.05, 0.1) is 31.3 Å². The molecule has 0 spiro atoms. The average molecular weight is 491 g/mol. The summed E-state index contributed by atoms with van der Waals surface area (Å²) in [5, 5.41) is 5.21. The molecule has 1 aromatic carbocycles. The van der Waals surface area contributed by atoms with Crippen LogP contribution in [0.4, 0.5) is 0 Å². The monoisotopic (exact) mass is 490 g/mol. The minimum atomic E-state index is -0.480. The number of hydrogen-bond acceptors (Lipinski definition) is 7. The average Bonchev–Trinajstić information content (AvgIpc) is 3.42. The lowest BCUT2D eigenvalue weighted by molar-refractivity contribution is -0.145. The second kappa shape index (κ2) is 8.82. The molecular formula is C22H23BrN2O6. The first-order chi connectivity index (χ1) is 14.9. The molecule has 31 heavy (non-hydrogen) atoms. The summed E-state index contributed by atoms with van der Waals surface area (Å²) in [6, 6.07) is 3.33. The quantitative estimate of drug-likeness (QED) is 0.240. The maximum atomic E-state index is 12.8. The molecular weight excluding hydrogens is 468 g/mol. The topological polar surface area (TPSA) is 94.5 Å². The first-order valence-electron chi connectivity index (χ1n) is 10.3. The lowest BCUT2D eigenvalue weighted by Gasteiger charge is -2.14. The van der Waals surface area contributed by atoms with Crippen molar-refractivity contribution < 1.29 is 28.6 Å². The highest BCUT2D eigenvalue weighted by Gasteiger charge is 2.59. The van der Waals surface area contributed by atoms with Gasteiger partial charge in [-0.15, -0.1) is 0 Å². The van der Waals surface area contributed by atoms with Gasteiger partial charge in [0.15, 0.2) is 18.1 Å². The molecule has 4 atom stereocenters. The third kappa shape index (κ3) is 3.98. The van der Waals surface area contributed by atoms with Crippen LogP contribution in [-0.2, 0) is 19.1 Å². The number of carbonyl (C=O) groups excluding carboxylic acids is 3. The van der Waals surface area contributed by atoms with Crippen molar-refractivity contribution >= 4 is 39.9 Å². The van der Waals surface area contributed by atoms with Gasteiger partial charge in [-0.05, 0) is 60.2 Å². The second-order valence-electron chi connectivity index (χ2n) is 7.58. The van der Waals surface area contributed by atoms with E-state index in [0.29, 0.717) is 28.1 Å². The van der Waals surface area contributed by atoms with Gasteiger partial charge in [-0.3, -0.25) is 9.59 Å². The smallest absolute Gasteiger partial charge is 0.344 e. The van der Waals surface area contributed by atoms with Crippen LogP contribution < -0.4 is 9.47 Å². The lowest BCUT2D eigenvalue weighted by atomic mass is 9.85. The molecule has 9 heteroatoms. The van der Waals surface area contributed by atoms with E-state index >= 15 is 0 Å². The Morgan fingerprint density at radius 1 is 1.10 bits per heavy atom. The number of halogens is 1. The number of carbonyl (C=O) groups is 3. The molecule has 2 bridgehead atoms. The van der Waals surface area contributed by atoms with E-state index in [2.05, 4.69) is 21.0 Å². The van der Waals surface area contributed by atoms with E-state index < -0.39 is 5.97 Å². The molecule has 2 aliphatic carbocycles. The number of nitrogens with zero attached hydrogens (tertiary/aromatic N) is 2. The van der Waals surface area contributed by atoms with Crippen molar-refractivity contribution in [3.8, 4) is 11.5 Å². The highest BCUT2D eigenvalue weighted by atomic mass is 79.9. The Kier molecular flexibility index (Phi) is 6.13. The third-order valence-corrected chi connectivity index (χ3v) is 6.46. The van der Waals surface area contributed by atoms with Gasteiger partial charge in [-0.2, -0.15) is 10.1 Å². The van der Waals surface area contributed by atoms with Crippen LogP contribution in [0.5, 0.6) is 11.5 Å².